The summed E-state index contributed by atoms with van der Waals surface area (Å²) in [5.41, 5.74) is 1.62. The first-order valence-electron chi connectivity index (χ1n) is 10.0. The molecule has 152 valence electrons. The minimum absolute atomic E-state index is 0.205. The zero-order chi connectivity index (χ0) is 20.5. The van der Waals surface area contributed by atoms with Crippen LogP contribution in [0.15, 0.2) is 47.1 Å². The smallest absolute Gasteiger partial charge is 0.321 e. The Morgan fingerprint density at radius 1 is 1.24 bits per heavy atom. The molecule has 7 heteroatoms. The maximum atomic E-state index is 13.5. The van der Waals surface area contributed by atoms with Crippen LogP contribution in [0.1, 0.15) is 39.0 Å². The highest BCUT2D eigenvalue weighted by Crippen LogP contribution is 2.41. The highest BCUT2D eigenvalue weighted by Gasteiger charge is 2.48. The number of ether oxygens (including phenoxy) is 1. The Kier molecular flexibility index (Phi) is 5.13. The minimum atomic E-state index is -1.03. The van der Waals surface area contributed by atoms with Crippen LogP contribution in [-0.4, -0.2) is 34.6 Å². The number of fused-ring (bicyclic) bond motifs is 3. The molecule has 0 saturated heterocycles. The van der Waals surface area contributed by atoms with Crippen LogP contribution in [0.5, 0.6) is 0 Å². The van der Waals surface area contributed by atoms with Gasteiger partial charge in [0.25, 0.3) is 0 Å². The number of benzene rings is 1. The number of rotatable bonds is 6. The van der Waals surface area contributed by atoms with Gasteiger partial charge in [0.1, 0.15) is 11.8 Å². The fraction of sp³-hybridized carbons (Fsp3) is 0.409. The van der Waals surface area contributed by atoms with Gasteiger partial charge in [0.15, 0.2) is 5.92 Å². The molecule has 7 nitrogen and oxygen atoms in total. The standard InChI is InChI=1S/C22H25N3O4/c1-4-28-21(27)18-19(17-10-7-13-29-17)25-16-9-6-5-8-15(16)23-22(25)24(20(18)26)12-11-14(2)3/h5-10,13-14,18-19H,4,11-12H2,1-3H3/t18-,19-/m0/s1. The third-order valence-corrected chi connectivity index (χ3v) is 5.25. The van der Waals surface area contributed by atoms with Gasteiger partial charge in [-0.1, -0.05) is 26.0 Å². The van der Waals surface area contributed by atoms with Crippen molar-refractivity contribution in [3.8, 4) is 0 Å². The zero-order valence-corrected chi connectivity index (χ0v) is 16.9. The highest BCUT2D eigenvalue weighted by molar-refractivity contribution is 6.08. The molecule has 0 fully saturated rings. The average molecular weight is 395 g/mol. The Labute approximate surface area is 169 Å². The van der Waals surface area contributed by atoms with Crippen LogP contribution in [0.3, 0.4) is 0 Å². The lowest BCUT2D eigenvalue weighted by atomic mass is 9.93. The predicted octanol–water partition coefficient (Wildman–Crippen LogP) is 3.79. The van der Waals surface area contributed by atoms with Gasteiger partial charge in [-0.25, -0.2) is 4.98 Å². The normalized spacial score (nSPS) is 19.0. The van der Waals surface area contributed by atoms with Crippen molar-refractivity contribution in [3.05, 3.63) is 48.4 Å². The number of para-hydroxylation sites is 2. The molecule has 0 N–H and O–H groups in total. The molecule has 2 atom stereocenters. The number of aromatic nitrogens is 2. The van der Waals surface area contributed by atoms with Crippen LogP contribution in [0.2, 0.25) is 0 Å². The molecule has 4 rings (SSSR count). The van der Waals surface area contributed by atoms with Crippen molar-refractivity contribution in [3.63, 3.8) is 0 Å². The number of amides is 1. The van der Waals surface area contributed by atoms with Gasteiger partial charge in [-0.05, 0) is 43.5 Å². The maximum absolute atomic E-state index is 13.5. The van der Waals surface area contributed by atoms with Crippen molar-refractivity contribution in [1.82, 2.24) is 9.55 Å². The summed E-state index contributed by atoms with van der Waals surface area (Å²) in [6.07, 6.45) is 2.35. The van der Waals surface area contributed by atoms with E-state index in [1.54, 1.807) is 30.2 Å². The molecule has 29 heavy (non-hydrogen) atoms. The molecule has 3 aromatic rings. The van der Waals surface area contributed by atoms with Crippen LogP contribution in [0, 0.1) is 11.8 Å². The second kappa shape index (κ2) is 7.73. The molecule has 3 heterocycles. The number of carbonyl (C=O) groups is 2. The van der Waals surface area contributed by atoms with E-state index in [0.717, 1.165) is 17.5 Å². The lowest BCUT2D eigenvalue weighted by Crippen LogP contribution is -2.50. The Hall–Kier alpha value is -3.09. The van der Waals surface area contributed by atoms with E-state index in [4.69, 9.17) is 14.1 Å². The van der Waals surface area contributed by atoms with Crippen molar-refractivity contribution in [1.29, 1.82) is 0 Å². The van der Waals surface area contributed by atoms with Crippen molar-refractivity contribution >= 4 is 28.9 Å². The van der Waals surface area contributed by atoms with Crippen LogP contribution >= 0.6 is 0 Å². The number of hydrogen-bond donors (Lipinski definition) is 0. The highest BCUT2D eigenvalue weighted by atomic mass is 16.5. The largest absolute Gasteiger partial charge is 0.467 e. The topological polar surface area (TPSA) is 77.6 Å². The molecule has 2 aromatic heterocycles. The first kappa shape index (κ1) is 19.2. The molecule has 0 aliphatic carbocycles. The summed E-state index contributed by atoms with van der Waals surface area (Å²) < 4.78 is 12.9. The fourth-order valence-electron chi connectivity index (χ4n) is 3.86. The van der Waals surface area contributed by atoms with Gasteiger partial charge in [0.2, 0.25) is 11.9 Å². The van der Waals surface area contributed by atoms with Crippen LogP contribution in [0.4, 0.5) is 5.95 Å². The number of nitrogens with zero attached hydrogens (tertiary/aromatic N) is 3. The van der Waals surface area contributed by atoms with Crippen molar-refractivity contribution in [2.45, 2.75) is 33.2 Å². The predicted molar refractivity (Wildman–Crippen MR) is 109 cm³/mol. The average Bonchev–Trinajstić information content (AvgIpc) is 3.34. The molecule has 0 bridgehead atoms. The summed E-state index contributed by atoms with van der Waals surface area (Å²) in [5.74, 6) is -0.392. The molecule has 1 aromatic carbocycles. The van der Waals surface area contributed by atoms with Crippen LogP contribution in [-0.2, 0) is 14.3 Å². The Balaban J connectivity index is 1.93. The summed E-state index contributed by atoms with van der Waals surface area (Å²) in [6, 6.07) is 10.6. The van der Waals surface area contributed by atoms with Crippen molar-refractivity contribution < 1.29 is 18.7 Å². The third kappa shape index (κ3) is 3.30. The molecule has 1 amide bonds. The van der Waals surface area contributed by atoms with Crippen LogP contribution in [0.25, 0.3) is 11.0 Å². The van der Waals surface area contributed by atoms with Gasteiger partial charge >= 0.3 is 5.97 Å². The second-order valence-corrected chi connectivity index (χ2v) is 7.63. The van der Waals surface area contributed by atoms with Gasteiger partial charge in [-0.15, -0.1) is 0 Å². The number of anilines is 1. The third-order valence-electron chi connectivity index (χ3n) is 5.25. The molecule has 1 aliphatic rings. The van der Waals surface area contributed by atoms with E-state index in [2.05, 4.69) is 13.8 Å². The fourth-order valence-corrected chi connectivity index (χ4v) is 3.86. The molecule has 0 spiro atoms. The van der Waals surface area contributed by atoms with Gasteiger partial charge in [-0.2, -0.15) is 0 Å². The van der Waals surface area contributed by atoms with Gasteiger partial charge in [-0.3, -0.25) is 19.1 Å². The SMILES string of the molecule is CCOC(=O)[C@@H]1C(=O)N(CCC(C)C)c2nc3ccccc3n2[C@H]1c1ccco1. The summed E-state index contributed by atoms with van der Waals surface area (Å²) in [5, 5.41) is 0. The van der Waals surface area contributed by atoms with E-state index < -0.39 is 17.9 Å². The molecule has 0 radical (unpaired) electrons. The number of furan rings is 1. The first-order valence-corrected chi connectivity index (χ1v) is 10.0. The molecular weight excluding hydrogens is 370 g/mol. The molecule has 1 aliphatic heterocycles. The second-order valence-electron chi connectivity index (χ2n) is 7.63. The van der Waals surface area contributed by atoms with E-state index in [-0.39, 0.29) is 12.5 Å². The summed E-state index contributed by atoms with van der Waals surface area (Å²) in [6.45, 7) is 6.64. The van der Waals surface area contributed by atoms with Gasteiger partial charge in [0.05, 0.1) is 23.9 Å². The monoisotopic (exact) mass is 395 g/mol. The number of esters is 1. The van der Waals surface area contributed by atoms with Crippen LogP contribution < -0.4 is 4.90 Å². The van der Waals surface area contributed by atoms with E-state index in [9.17, 15) is 9.59 Å². The maximum Gasteiger partial charge on any atom is 0.321 e. The summed E-state index contributed by atoms with van der Waals surface area (Å²) >= 11 is 0. The summed E-state index contributed by atoms with van der Waals surface area (Å²) in [4.78, 5) is 32.8. The minimum Gasteiger partial charge on any atom is -0.467 e. The molecular formula is C22H25N3O4. The Morgan fingerprint density at radius 2 is 2.03 bits per heavy atom. The van der Waals surface area contributed by atoms with Gasteiger partial charge < -0.3 is 9.15 Å². The van der Waals surface area contributed by atoms with E-state index in [1.165, 1.54) is 0 Å². The van der Waals surface area contributed by atoms with E-state index in [0.29, 0.717) is 24.2 Å². The number of imidazole rings is 1. The van der Waals surface area contributed by atoms with Crippen molar-refractivity contribution in [2.24, 2.45) is 11.8 Å². The number of carbonyl (C=O) groups excluding carboxylic acids is 2. The molecule has 0 saturated carbocycles. The van der Waals surface area contributed by atoms with E-state index in [1.807, 2.05) is 28.8 Å². The molecule has 0 unspecified atom stereocenters. The first-order chi connectivity index (χ1) is 14.0. The van der Waals surface area contributed by atoms with Gasteiger partial charge in [0, 0.05) is 6.54 Å². The number of hydrogen-bond acceptors (Lipinski definition) is 5. The lowest BCUT2D eigenvalue weighted by molar-refractivity contribution is -0.153. The Bertz CT molecular complexity index is 1020. The summed E-state index contributed by atoms with van der Waals surface area (Å²) in [7, 11) is 0. The lowest BCUT2D eigenvalue weighted by Gasteiger charge is -2.37. The van der Waals surface area contributed by atoms with Crippen molar-refractivity contribution in [2.75, 3.05) is 18.1 Å². The Morgan fingerprint density at radius 3 is 2.72 bits per heavy atom. The zero-order valence-electron chi connectivity index (χ0n) is 16.9. The quantitative estimate of drug-likeness (QED) is 0.469. The van der Waals surface area contributed by atoms with E-state index >= 15 is 0 Å².